The SMILES string of the molecule is CC(C)CN(CC(N)=O)Cc1cc(F)cc(C#N)c1. The van der Waals surface area contributed by atoms with Crippen LogP contribution >= 0.6 is 0 Å². The van der Waals surface area contributed by atoms with Gasteiger partial charge in [0.25, 0.3) is 0 Å². The maximum Gasteiger partial charge on any atom is 0.231 e. The van der Waals surface area contributed by atoms with E-state index in [1.54, 1.807) is 6.07 Å². The van der Waals surface area contributed by atoms with Gasteiger partial charge in [-0.15, -0.1) is 0 Å². The van der Waals surface area contributed by atoms with Crippen LogP contribution in [0, 0.1) is 23.1 Å². The summed E-state index contributed by atoms with van der Waals surface area (Å²) in [7, 11) is 0. The number of primary amides is 1. The average Bonchev–Trinajstić information content (AvgIpc) is 2.26. The third-order valence-corrected chi connectivity index (χ3v) is 2.50. The second-order valence-corrected chi connectivity index (χ2v) is 4.99. The number of rotatable bonds is 6. The summed E-state index contributed by atoms with van der Waals surface area (Å²) >= 11 is 0. The minimum Gasteiger partial charge on any atom is -0.369 e. The number of nitrogens with zero attached hydrogens (tertiary/aromatic N) is 2. The zero-order valence-corrected chi connectivity index (χ0v) is 11.2. The van der Waals surface area contributed by atoms with Crippen LogP contribution in [-0.2, 0) is 11.3 Å². The van der Waals surface area contributed by atoms with Crippen molar-refractivity contribution in [3.63, 3.8) is 0 Å². The van der Waals surface area contributed by atoms with Gasteiger partial charge in [-0.3, -0.25) is 9.69 Å². The van der Waals surface area contributed by atoms with E-state index in [-0.39, 0.29) is 12.1 Å². The van der Waals surface area contributed by atoms with Gasteiger partial charge in [-0.1, -0.05) is 13.8 Å². The molecule has 0 heterocycles. The first-order valence-electron chi connectivity index (χ1n) is 6.11. The molecule has 0 aromatic heterocycles. The molecule has 19 heavy (non-hydrogen) atoms. The lowest BCUT2D eigenvalue weighted by atomic mass is 10.1. The normalized spacial score (nSPS) is 10.7. The molecule has 1 aromatic rings. The number of nitrogens with two attached hydrogens (primary N) is 1. The molecule has 1 aromatic carbocycles. The lowest BCUT2D eigenvalue weighted by molar-refractivity contribution is -0.119. The summed E-state index contributed by atoms with van der Waals surface area (Å²) in [6.07, 6.45) is 0. The van der Waals surface area contributed by atoms with E-state index in [1.165, 1.54) is 12.1 Å². The molecule has 0 bridgehead atoms. The van der Waals surface area contributed by atoms with Crippen LogP contribution in [0.4, 0.5) is 4.39 Å². The van der Waals surface area contributed by atoms with Crippen molar-refractivity contribution in [2.75, 3.05) is 13.1 Å². The molecule has 1 amide bonds. The first-order valence-corrected chi connectivity index (χ1v) is 6.11. The molecular weight excluding hydrogens is 245 g/mol. The number of hydrogen-bond acceptors (Lipinski definition) is 3. The average molecular weight is 263 g/mol. The standard InChI is InChI=1S/C14H18FN3O/c1-10(2)7-18(9-14(17)19)8-12-3-11(6-16)4-13(15)5-12/h3-5,10H,7-9H2,1-2H3,(H2,17,19). The van der Waals surface area contributed by atoms with Gasteiger partial charge in [0.05, 0.1) is 18.2 Å². The Hall–Kier alpha value is -1.93. The molecule has 0 saturated carbocycles. The van der Waals surface area contributed by atoms with Crippen LogP contribution in [0.5, 0.6) is 0 Å². The highest BCUT2D eigenvalue weighted by Gasteiger charge is 2.12. The molecule has 0 saturated heterocycles. The molecule has 0 spiro atoms. The van der Waals surface area contributed by atoms with Gasteiger partial charge in [0, 0.05) is 13.1 Å². The van der Waals surface area contributed by atoms with Crippen molar-refractivity contribution in [1.29, 1.82) is 5.26 Å². The Morgan fingerprint density at radius 1 is 1.47 bits per heavy atom. The monoisotopic (exact) mass is 263 g/mol. The van der Waals surface area contributed by atoms with Crippen molar-refractivity contribution >= 4 is 5.91 Å². The fourth-order valence-corrected chi connectivity index (χ4v) is 1.99. The molecule has 0 atom stereocenters. The van der Waals surface area contributed by atoms with Gasteiger partial charge in [0.1, 0.15) is 5.82 Å². The predicted molar refractivity (Wildman–Crippen MR) is 70.4 cm³/mol. The highest BCUT2D eigenvalue weighted by molar-refractivity contribution is 5.75. The summed E-state index contributed by atoms with van der Waals surface area (Å²) < 4.78 is 13.3. The van der Waals surface area contributed by atoms with Crippen molar-refractivity contribution in [2.24, 2.45) is 11.7 Å². The van der Waals surface area contributed by atoms with Crippen LogP contribution in [0.1, 0.15) is 25.0 Å². The molecule has 0 fully saturated rings. The van der Waals surface area contributed by atoms with Crippen LogP contribution in [-0.4, -0.2) is 23.9 Å². The Morgan fingerprint density at radius 2 is 2.16 bits per heavy atom. The Kier molecular flexibility index (Phi) is 5.46. The van der Waals surface area contributed by atoms with E-state index in [1.807, 2.05) is 24.8 Å². The minimum absolute atomic E-state index is 0.122. The van der Waals surface area contributed by atoms with E-state index in [4.69, 9.17) is 11.0 Å². The number of carbonyl (C=O) groups excluding carboxylic acids is 1. The number of carbonyl (C=O) groups is 1. The number of benzene rings is 1. The molecule has 0 unspecified atom stereocenters. The van der Waals surface area contributed by atoms with Gasteiger partial charge < -0.3 is 5.73 Å². The number of amides is 1. The molecule has 102 valence electrons. The smallest absolute Gasteiger partial charge is 0.231 e. The molecule has 0 aliphatic heterocycles. The third-order valence-electron chi connectivity index (χ3n) is 2.50. The van der Waals surface area contributed by atoms with Gasteiger partial charge in [0.15, 0.2) is 0 Å². The van der Waals surface area contributed by atoms with Gasteiger partial charge in [-0.25, -0.2) is 4.39 Å². The molecule has 4 nitrogen and oxygen atoms in total. The second kappa shape index (κ2) is 6.86. The maximum atomic E-state index is 13.3. The van der Waals surface area contributed by atoms with E-state index in [2.05, 4.69) is 0 Å². The quantitative estimate of drug-likeness (QED) is 0.848. The number of nitriles is 1. The Balaban J connectivity index is 2.86. The van der Waals surface area contributed by atoms with E-state index in [9.17, 15) is 9.18 Å². The maximum absolute atomic E-state index is 13.3. The van der Waals surface area contributed by atoms with Crippen LogP contribution in [0.3, 0.4) is 0 Å². The fraction of sp³-hybridized carbons (Fsp3) is 0.429. The highest BCUT2D eigenvalue weighted by Crippen LogP contribution is 2.12. The van der Waals surface area contributed by atoms with E-state index in [0.717, 1.165) is 0 Å². The zero-order chi connectivity index (χ0) is 14.4. The van der Waals surface area contributed by atoms with Crippen LogP contribution in [0.15, 0.2) is 18.2 Å². The van der Waals surface area contributed by atoms with Crippen molar-refractivity contribution in [2.45, 2.75) is 20.4 Å². The van der Waals surface area contributed by atoms with Crippen molar-refractivity contribution in [1.82, 2.24) is 4.90 Å². The van der Waals surface area contributed by atoms with Crippen LogP contribution < -0.4 is 5.73 Å². The summed E-state index contributed by atoms with van der Waals surface area (Å²) in [6, 6.07) is 6.09. The van der Waals surface area contributed by atoms with Crippen molar-refractivity contribution in [3.8, 4) is 6.07 Å². The minimum atomic E-state index is -0.447. The van der Waals surface area contributed by atoms with Crippen LogP contribution in [0.2, 0.25) is 0 Å². The Morgan fingerprint density at radius 3 is 2.68 bits per heavy atom. The van der Waals surface area contributed by atoms with E-state index >= 15 is 0 Å². The highest BCUT2D eigenvalue weighted by atomic mass is 19.1. The third kappa shape index (κ3) is 5.49. The summed E-state index contributed by atoms with van der Waals surface area (Å²) in [5, 5.41) is 8.81. The van der Waals surface area contributed by atoms with Gasteiger partial charge in [-0.2, -0.15) is 5.26 Å². The van der Waals surface area contributed by atoms with Crippen molar-refractivity contribution < 1.29 is 9.18 Å². The lowest BCUT2D eigenvalue weighted by Gasteiger charge is -2.22. The largest absolute Gasteiger partial charge is 0.369 e. The topological polar surface area (TPSA) is 70.1 Å². The first-order chi connectivity index (χ1) is 8.90. The fourth-order valence-electron chi connectivity index (χ4n) is 1.99. The lowest BCUT2D eigenvalue weighted by Crippen LogP contribution is -2.35. The molecular formula is C14H18FN3O. The van der Waals surface area contributed by atoms with Gasteiger partial charge >= 0.3 is 0 Å². The zero-order valence-electron chi connectivity index (χ0n) is 11.2. The molecule has 0 aliphatic rings. The number of halogens is 1. The molecule has 0 aliphatic carbocycles. The number of hydrogen-bond donors (Lipinski definition) is 1. The first kappa shape index (κ1) is 15.1. The molecule has 2 N–H and O–H groups in total. The summed E-state index contributed by atoms with van der Waals surface area (Å²) in [5.74, 6) is -0.501. The molecule has 5 heteroatoms. The second-order valence-electron chi connectivity index (χ2n) is 4.99. The van der Waals surface area contributed by atoms with Crippen LogP contribution in [0.25, 0.3) is 0 Å². The van der Waals surface area contributed by atoms with E-state index in [0.29, 0.717) is 24.6 Å². The predicted octanol–water partition coefficient (Wildman–Crippen LogP) is 1.64. The Bertz CT molecular complexity index is 494. The van der Waals surface area contributed by atoms with E-state index < -0.39 is 11.7 Å². The Labute approximate surface area is 112 Å². The summed E-state index contributed by atoms with van der Waals surface area (Å²) in [6.45, 7) is 5.26. The van der Waals surface area contributed by atoms with Crippen molar-refractivity contribution in [3.05, 3.63) is 35.1 Å². The summed E-state index contributed by atoms with van der Waals surface area (Å²) in [4.78, 5) is 12.9. The van der Waals surface area contributed by atoms with Gasteiger partial charge in [0.2, 0.25) is 5.91 Å². The van der Waals surface area contributed by atoms with Gasteiger partial charge in [-0.05, 0) is 29.7 Å². The molecule has 1 rings (SSSR count). The molecule has 0 radical (unpaired) electrons. The summed E-state index contributed by atoms with van der Waals surface area (Å²) in [5.41, 5.74) is 6.14.